The highest BCUT2D eigenvalue weighted by Gasteiger charge is 2.26. The zero-order valence-electron chi connectivity index (χ0n) is 11.1. The van der Waals surface area contributed by atoms with Crippen LogP contribution in [-0.4, -0.2) is 11.2 Å². The monoisotopic (exact) mass is 225 g/mol. The Morgan fingerprint density at radius 1 is 1.06 bits per heavy atom. The number of aliphatic hydroxyl groups is 1. The maximum Gasteiger partial charge on any atom is 0.0776 e. The summed E-state index contributed by atoms with van der Waals surface area (Å²) in [6.45, 7) is 5.83. The molecule has 0 heterocycles. The summed E-state index contributed by atoms with van der Waals surface area (Å²) < 4.78 is 0. The predicted octanol–water partition coefficient (Wildman–Crippen LogP) is 4.04. The molecule has 0 spiro atoms. The van der Waals surface area contributed by atoms with Gasteiger partial charge in [0.25, 0.3) is 0 Å². The molecule has 16 heavy (non-hydrogen) atoms. The first-order valence-corrected chi connectivity index (χ1v) is 6.64. The molecule has 1 unspecified atom stereocenters. The number of nitrogens with zero attached hydrogens (tertiary/aromatic N) is 1. The fraction of sp³-hybridized carbons (Fsp3) is 0.929. The molecule has 0 aliphatic carbocycles. The standard InChI is InChI=1S/C14H27NO/c1-4-5-6-7-8-9-10-11-13(16)14(2,3)12-15/h13,16H,4-11H2,1-3H3. The van der Waals surface area contributed by atoms with Gasteiger partial charge in [0.1, 0.15) is 0 Å². The van der Waals surface area contributed by atoms with Gasteiger partial charge >= 0.3 is 0 Å². The van der Waals surface area contributed by atoms with Gasteiger partial charge in [0.15, 0.2) is 0 Å². The van der Waals surface area contributed by atoms with Gasteiger partial charge < -0.3 is 5.11 Å². The number of nitriles is 1. The molecule has 0 radical (unpaired) electrons. The lowest BCUT2D eigenvalue weighted by Crippen LogP contribution is -2.27. The van der Waals surface area contributed by atoms with Crippen molar-refractivity contribution in [3.63, 3.8) is 0 Å². The van der Waals surface area contributed by atoms with Gasteiger partial charge in [-0.1, -0.05) is 51.9 Å². The summed E-state index contributed by atoms with van der Waals surface area (Å²) in [4.78, 5) is 0. The van der Waals surface area contributed by atoms with E-state index in [4.69, 9.17) is 5.26 Å². The number of rotatable bonds is 9. The third-order valence-electron chi connectivity index (χ3n) is 3.20. The Balaban J connectivity index is 3.42. The van der Waals surface area contributed by atoms with Crippen LogP contribution < -0.4 is 0 Å². The molecule has 0 fully saturated rings. The van der Waals surface area contributed by atoms with E-state index in [1.165, 1.54) is 38.5 Å². The van der Waals surface area contributed by atoms with E-state index in [1.807, 2.05) is 0 Å². The molecule has 0 rings (SSSR count). The van der Waals surface area contributed by atoms with E-state index in [1.54, 1.807) is 13.8 Å². The second-order valence-corrected chi connectivity index (χ2v) is 5.26. The minimum Gasteiger partial charge on any atom is -0.391 e. The van der Waals surface area contributed by atoms with Crippen molar-refractivity contribution in [2.75, 3.05) is 0 Å². The number of unbranched alkanes of at least 4 members (excludes halogenated alkanes) is 6. The lowest BCUT2D eigenvalue weighted by Gasteiger charge is -2.22. The molecule has 0 aromatic heterocycles. The summed E-state index contributed by atoms with van der Waals surface area (Å²) in [5, 5.41) is 18.6. The highest BCUT2D eigenvalue weighted by Crippen LogP contribution is 2.23. The van der Waals surface area contributed by atoms with Crippen molar-refractivity contribution in [1.82, 2.24) is 0 Å². The van der Waals surface area contributed by atoms with Crippen LogP contribution >= 0.6 is 0 Å². The maximum atomic E-state index is 9.80. The van der Waals surface area contributed by atoms with Crippen LogP contribution in [0.15, 0.2) is 0 Å². The zero-order chi connectivity index (χ0) is 12.4. The Bertz CT molecular complexity index is 205. The molecule has 94 valence electrons. The van der Waals surface area contributed by atoms with Crippen LogP contribution in [0.3, 0.4) is 0 Å². The van der Waals surface area contributed by atoms with Crippen LogP contribution in [0.4, 0.5) is 0 Å². The molecular weight excluding hydrogens is 198 g/mol. The lowest BCUT2D eigenvalue weighted by atomic mass is 9.85. The Hall–Kier alpha value is -0.550. The molecule has 0 amide bonds. The fourth-order valence-corrected chi connectivity index (χ4v) is 1.73. The van der Waals surface area contributed by atoms with E-state index in [0.29, 0.717) is 0 Å². The zero-order valence-corrected chi connectivity index (χ0v) is 11.1. The molecule has 0 aromatic carbocycles. The summed E-state index contributed by atoms with van der Waals surface area (Å²) in [5.74, 6) is 0. The average molecular weight is 225 g/mol. The highest BCUT2D eigenvalue weighted by molar-refractivity contribution is 4.96. The summed E-state index contributed by atoms with van der Waals surface area (Å²) in [6, 6.07) is 2.16. The number of hydrogen-bond acceptors (Lipinski definition) is 2. The predicted molar refractivity (Wildman–Crippen MR) is 68.0 cm³/mol. The number of hydrogen-bond donors (Lipinski definition) is 1. The Labute approximate surface area is 101 Å². The molecule has 0 aromatic rings. The SMILES string of the molecule is CCCCCCCCCC(O)C(C)(C)C#N. The first-order chi connectivity index (χ1) is 7.54. The fourth-order valence-electron chi connectivity index (χ4n) is 1.73. The first kappa shape index (κ1) is 15.4. The molecular formula is C14H27NO. The van der Waals surface area contributed by atoms with Crippen LogP contribution in [0, 0.1) is 16.7 Å². The number of aliphatic hydroxyl groups excluding tert-OH is 1. The van der Waals surface area contributed by atoms with Gasteiger partial charge in [0.05, 0.1) is 17.6 Å². The van der Waals surface area contributed by atoms with Crippen molar-refractivity contribution in [3.05, 3.63) is 0 Å². The maximum absolute atomic E-state index is 9.80. The third kappa shape index (κ3) is 6.85. The lowest BCUT2D eigenvalue weighted by molar-refractivity contribution is 0.0758. The minimum absolute atomic E-state index is 0.479. The minimum atomic E-state index is -0.595. The average Bonchev–Trinajstić information content (AvgIpc) is 2.27. The van der Waals surface area contributed by atoms with Crippen molar-refractivity contribution < 1.29 is 5.11 Å². The molecule has 0 saturated heterocycles. The smallest absolute Gasteiger partial charge is 0.0776 e. The van der Waals surface area contributed by atoms with E-state index >= 15 is 0 Å². The van der Waals surface area contributed by atoms with Gasteiger partial charge in [0.2, 0.25) is 0 Å². The van der Waals surface area contributed by atoms with Gasteiger partial charge in [-0.05, 0) is 20.3 Å². The van der Waals surface area contributed by atoms with Crippen molar-refractivity contribution in [3.8, 4) is 6.07 Å². The summed E-state index contributed by atoms with van der Waals surface area (Å²) in [7, 11) is 0. The molecule has 1 atom stereocenters. The second kappa shape index (κ2) is 8.58. The van der Waals surface area contributed by atoms with Gasteiger partial charge in [0, 0.05) is 0 Å². The molecule has 0 saturated carbocycles. The normalized spacial score (nSPS) is 13.4. The van der Waals surface area contributed by atoms with E-state index in [9.17, 15) is 5.11 Å². The Morgan fingerprint density at radius 2 is 1.56 bits per heavy atom. The van der Waals surface area contributed by atoms with Crippen LogP contribution in [0.1, 0.15) is 72.1 Å². The first-order valence-electron chi connectivity index (χ1n) is 6.64. The van der Waals surface area contributed by atoms with Crippen LogP contribution in [0.25, 0.3) is 0 Å². The van der Waals surface area contributed by atoms with Crippen molar-refractivity contribution in [2.24, 2.45) is 5.41 Å². The van der Waals surface area contributed by atoms with Crippen molar-refractivity contribution in [1.29, 1.82) is 5.26 Å². The molecule has 0 aliphatic rings. The topological polar surface area (TPSA) is 44.0 Å². The van der Waals surface area contributed by atoms with Gasteiger partial charge in [-0.3, -0.25) is 0 Å². The van der Waals surface area contributed by atoms with Crippen LogP contribution in [-0.2, 0) is 0 Å². The van der Waals surface area contributed by atoms with Gasteiger partial charge in [-0.25, -0.2) is 0 Å². The van der Waals surface area contributed by atoms with E-state index < -0.39 is 11.5 Å². The van der Waals surface area contributed by atoms with Crippen molar-refractivity contribution >= 4 is 0 Å². The van der Waals surface area contributed by atoms with Crippen LogP contribution in [0.2, 0.25) is 0 Å². The quantitative estimate of drug-likeness (QED) is 0.602. The molecule has 1 N–H and O–H groups in total. The molecule has 2 nitrogen and oxygen atoms in total. The highest BCUT2D eigenvalue weighted by atomic mass is 16.3. The second-order valence-electron chi connectivity index (χ2n) is 5.26. The summed E-state index contributed by atoms with van der Waals surface area (Å²) >= 11 is 0. The Morgan fingerprint density at radius 3 is 2.06 bits per heavy atom. The molecule has 0 aliphatic heterocycles. The van der Waals surface area contributed by atoms with E-state index in [0.717, 1.165) is 12.8 Å². The summed E-state index contributed by atoms with van der Waals surface area (Å²) in [5.41, 5.74) is -0.595. The van der Waals surface area contributed by atoms with Crippen LogP contribution in [0.5, 0.6) is 0 Å². The van der Waals surface area contributed by atoms with Crippen molar-refractivity contribution in [2.45, 2.75) is 78.2 Å². The summed E-state index contributed by atoms with van der Waals surface area (Å²) in [6.07, 6.45) is 9.04. The van der Waals surface area contributed by atoms with E-state index in [2.05, 4.69) is 13.0 Å². The largest absolute Gasteiger partial charge is 0.391 e. The third-order valence-corrected chi connectivity index (χ3v) is 3.20. The Kier molecular flexibility index (Phi) is 8.29. The van der Waals surface area contributed by atoms with Gasteiger partial charge in [-0.15, -0.1) is 0 Å². The molecule has 0 bridgehead atoms. The van der Waals surface area contributed by atoms with Gasteiger partial charge in [-0.2, -0.15) is 5.26 Å². The molecule has 2 heteroatoms. The van der Waals surface area contributed by atoms with E-state index in [-0.39, 0.29) is 0 Å².